The van der Waals surface area contributed by atoms with Gasteiger partial charge in [-0.05, 0) is 20.8 Å². The highest BCUT2D eigenvalue weighted by molar-refractivity contribution is 5.00. The molecule has 4 heteroatoms. The van der Waals surface area contributed by atoms with Gasteiger partial charge in [0.05, 0.1) is 6.61 Å². The quantitative estimate of drug-likeness (QED) is 0.746. The number of aryl methyl sites for hydroxylation is 1. The summed E-state index contributed by atoms with van der Waals surface area (Å²) in [4.78, 5) is 7.31. The zero-order chi connectivity index (χ0) is 10.6. The Hall–Kier alpha value is -0.870. The Morgan fingerprint density at radius 3 is 2.79 bits per heavy atom. The van der Waals surface area contributed by atoms with Gasteiger partial charge >= 0.3 is 0 Å². The lowest BCUT2D eigenvalue weighted by atomic mass is 10.1. The van der Waals surface area contributed by atoms with Crippen molar-refractivity contribution in [2.75, 3.05) is 13.7 Å². The smallest absolute Gasteiger partial charge is 0.103 e. The summed E-state index contributed by atoms with van der Waals surface area (Å²) < 4.78 is 5.11. The van der Waals surface area contributed by atoms with E-state index in [2.05, 4.69) is 29.1 Å². The molecule has 0 radical (unpaired) electrons. The van der Waals surface area contributed by atoms with Crippen LogP contribution in [0.25, 0.3) is 0 Å². The van der Waals surface area contributed by atoms with Crippen molar-refractivity contribution in [1.29, 1.82) is 0 Å². The number of H-pyrrole nitrogens is 1. The second-order valence-electron chi connectivity index (χ2n) is 4.16. The summed E-state index contributed by atoms with van der Waals surface area (Å²) in [6.45, 7) is 7.65. The molecule has 1 rings (SSSR count). The Morgan fingerprint density at radius 1 is 1.57 bits per heavy atom. The third-order valence-corrected chi connectivity index (χ3v) is 2.02. The van der Waals surface area contributed by atoms with Gasteiger partial charge in [0.2, 0.25) is 0 Å². The molecule has 0 saturated carbocycles. The summed E-state index contributed by atoms with van der Waals surface area (Å²) in [7, 11) is 1.71. The number of nitrogens with one attached hydrogen (secondary N) is 2. The molecule has 0 spiro atoms. The van der Waals surface area contributed by atoms with Crippen LogP contribution in [0, 0.1) is 6.92 Å². The summed E-state index contributed by atoms with van der Waals surface area (Å²) >= 11 is 0. The highest BCUT2D eigenvalue weighted by Gasteiger charge is 2.16. The van der Waals surface area contributed by atoms with E-state index in [1.54, 1.807) is 7.11 Å². The highest BCUT2D eigenvalue weighted by Crippen LogP contribution is 2.04. The summed E-state index contributed by atoms with van der Waals surface area (Å²) in [6.07, 6.45) is 1.85. The third-order valence-electron chi connectivity index (χ3n) is 2.02. The van der Waals surface area contributed by atoms with Gasteiger partial charge in [-0.25, -0.2) is 4.98 Å². The Bertz CT molecular complexity index is 281. The Morgan fingerprint density at radius 2 is 2.29 bits per heavy atom. The third kappa shape index (κ3) is 3.47. The van der Waals surface area contributed by atoms with Gasteiger partial charge in [-0.3, -0.25) is 0 Å². The maximum Gasteiger partial charge on any atom is 0.103 e. The second kappa shape index (κ2) is 4.57. The van der Waals surface area contributed by atoms with E-state index >= 15 is 0 Å². The first kappa shape index (κ1) is 11.2. The molecule has 0 aliphatic heterocycles. The molecule has 80 valence electrons. The number of methoxy groups -OCH3 is 1. The molecule has 0 atom stereocenters. The molecule has 1 heterocycles. The van der Waals surface area contributed by atoms with Crippen molar-refractivity contribution in [2.45, 2.75) is 32.9 Å². The average Bonchev–Trinajstić information content (AvgIpc) is 2.48. The predicted octanol–water partition coefficient (Wildman–Crippen LogP) is 1.23. The van der Waals surface area contributed by atoms with Crippen LogP contribution in [-0.2, 0) is 11.3 Å². The summed E-state index contributed by atoms with van der Waals surface area (Å²) in [5, 5.41) is 3.39. The van der Waals surface area contributed by atoms with Gasteiger partial charge in [0, 0.05) is 31.1 Å². The number of nitrogens with zero attached hydrogens (tertiary/aromatic N) is 1. The molecule has 1 aromatic rings. The van der Waals surface area contributed by atoms with Crippen LogP contribution < -0.4 is 5.32 Å². The molecule has 0 aliphatic carbocycles. The number of aromatic nitrogens is 2. The van der Waals surface area contributed by atoms with E-state index in [4.69, 9.17) is 4.74 Å². The lowest BCUT2D eigenvalue weighted by Crippen LogP contribution is -2.42. The van der Waals surface area contributed by atoms with E-state index in [0.717, 1.165) is 18.1 Å². The van der Waals surface area contributed by atoms with Crippen molar-refractivity contribution >= 4 is 0 Å². The predicted molar refractivity (Wildman–Crippen MR) is 56.1 cm³/mol. The monoisotopic (exact) mass is 197 g/mol. The van der Waals surface area contributed by atoms with Crippen LogP contribution in [0.1, 0.15) is 25.4 Å². The molecule has 0 saturated heterocycles. The van der Waals surface area contributed by atoms with Gasteiger partial charge in [-0.1, -0.05) is 0 Å². The Balaban J connectivity index is 2.40. The SMILES string of the molecule is COCC(C)(C)NCc1cnc(C)[nH]1. The standard InChI is InChI=1S/C10H19N3O/c1-8-11-5-9(13-8)6-12-10(2,3)7-14-4/h5,12H,6-7H2,1-4H3,(H,11,13). The maximum absolute atomic E-state index is 5.11. The molecule has 1 aromatic heterocycles. The fourth-order valence-corrected chi connectivity index (χ4v) is 1.31. The average molecular weight is 197 g/mol. The number of hydrogen-bond acceptors (Lipinski definition) is 3. The van der Waals surface area contributed by atoms with E-state index in [0.29, 0.717) is 6.61 Å². The summed E-state index contributed by atoms with van der Waals surface area (Å²) in [5.74, 6) is 0.950. The molecule has 0 aromatic carbocycles. The molecule has 0 fully saturated rings. The lowest BCUT2D eigenvalue weighted by Gasteiger charge is -2.24. The highest BCUT2D eigenvalue weighted by atomic mass is 16.5. The van der Waals surface area contributed by atoms with Gasteiger partial charge in [0.15, 0.2) is 0 Å². The number of aromatic amines is 1. The molecule has 0 amide bonds. The number of ether oxygens (including phenoxy) is 1. The number of rotatable bonds is 5. The fourth-order valence-electron chi connectivity index (χ4n) is 1.31. The van der Waals surface area contributed by atoms with Gasteiger partial charge in [-0.2, -0.15) is 0 Å². The molecule has 0 aliphatic rings. The minimum atomic E-state index is -0.00619. The summed E-state index contributed by atoms with van der Waals surface area (Å²) in [5.41, 5.74) is 1.10. The van der Waals surface area contributed by atoms with Crippen LogP contribution >= 0.6 is 0 Å². The van der Waals surface area contributed by atoms with Crippen molar-refractivity contribution in [3.8, 4) is 0 Å². The van der Waals surface area contributed by atoms with Crippen LogP contribution in [0.5, 0.6) is 0 Å². The van der Waals surface area contributed by atoms with Crippen molar-refractivity contribution in [1.82, 2.24) is 15.3 Å². The van der Waals surface area contributed by atoms with Crippen LogP contribution in [0.2, 0.25) is 0 Å². The lowest BCUT2D eigenvalue weighted by molar-refractivity contribution is 0.127. The minimum absolute atomic E-state index is 0.00619. The fraction of sp³-hybridized carbons (Fsp3) is 0.700. The van der Waals surface area contributed by atoms with E-state index in [1.165, 1.54) is 0 Å². The Kier molecular flexibility index (Phi) is 3.66. The molecule has 4 nitrogen and oxygen atoms in total. The largest absolute Gasteiger partial charge is 0.383 e. The second-order valence-corrected chi connectivity index (χ2v) is 4.16. The first-order chi connectivity index (χ1) is 6.53. The molecular formula is C10H19N3O. The van der Waals surface area contributed by atoms with E-state index in [9.17, 15) is 0 Å². The Labute approximate surface area is 85.1 Å². The van der Waals surface area contributed by atoms with E-state index in [-0.39, 0.29) is 5.54 Å². The van der Waals surface area contributed by atoms with Crippen molar-refractivity contribution in [2.24, 2.45) is 0 Å². The van der Waals surface area contributed by atoms with Crippen molar-refractivity contribution in [3.63, 3.8) is 0 Å². The molecule has 0 bridgehead atoms. The molecule has 14 heavy (non-hydrogen) atoms. The zero-order valence-corrected chi connectivity index (χ0v) is 9.35. The normalized spacial score (nSPS) is 12.0. The number of imidazole rings is 1. The van der Waals surface area contributed by atoms with Gasteiger partial charge in [-0.15, -0.1) is 0 Å². The first-order valence-electron chi connectivity index (χ1n) is 4.78. The van der Waals surface area contributed by atoms with Gasteiger partial charge < -0.3 is 15.0 Å². The minimum Gasteiger partial charge on any atom is -0.383 e. The van der Waals surface area contributed by atoms with E-state index in [1.807, 2.05) is 13.1 Å². The number of hydrogen-bond donors (Lipinski definition) is 2. The topological polar surface area (TPSA) is 49.9 Å². The van der Waals surface area contributed by atoms with Crippen LogP contribution in [0.4, 0.5) is 0 Å². The van der Waals surface area contributed by atoms with E-state index < -0.39 is 0 Å². The van der Waals surface area contributed by atoms with Gasteiger partial charge in [0.1, 0.15) is 5.82 Å². The van der Waals surface area contributed by atoms with Crippen LogP contribution in [-0.4, -0.2) is 29.2 Å². The summed E-state index contributed by atoms with van der Waals surface area (Å²) in [6, 6.07) is 0. The molecular weight excluding hydrogens is 178 g/mol. The first-order valence-corrected chi connectivity index (χ1v) is 4.78. The van der Waals surface area contributed by atoms with Crippen molar-refractivity contribution in [3.05, 3.63) is 17.7 Å². The maximum atomic E-state index is 5.11. The zero-order valence-electron chi connectivity index (χ0n) is 9.35. The van der Waals surface area contributed by atoms with Crippen molar-refractivity contribution < 1.29 is 4.74 Å². The van der Waals surface area contributed by atoms with Crippen LogP contribution in [0.3, 0.4) is 0 Å². The van der Waals surface area contributed by atoms with Gasteiger partial charge in [0.25, 0.3) is 0 Å². The molecule has 2 N–H and O–H groups in total. The molecule has 0 unspecified atom stereocenters. The van der Waals surface area contributed by atoms with Crippen LogP contribution in [0.15, 0.2) is 6.20 Å².